The van der Waals surface area contributed by atoms with Crippen LogP contribution < -0.4 is 0 Å². The van der Waals surface area contributed by atoms with Crippen molar-refractivity contribution in [2.45, 2.75) is 71.7 Å². The van der Waals surface area contributed by atoms with Crippen LogP contribution in [0.5, 0.6) is 0 Å². The standard InChI is InChI=1S/C13H24O3/c1-6-10-8-11(12(7-2)15-10)13(4,5)16-9(3)14/h10-12H,6-8H2,1-5H3. The van der Waals surface area contributed by atoms with Crippen LogP contribution in [-0.2, 0) is 14.3 Å². The Balaban J connectivity index is 2.73. The average molecular weight is 228 g/mol. The molecule has 0 spiro atoms. The van der Waals surface area contributed by atoms with Crippen molar-refractivity contribution in [1.82, 2.24) is 0 Å². The second-order valence-corrected chi connectivity index (χ2v) is 5.15. The monoisotopic (exact) mass is 228 g/mol. The van der Waals surface area contributed by atoms with Crippen molar-refractivity contribution in [3.8, 4) is 0 Å². The van der Waals surface area contributed by atoms with Crippen LogP contribution in [0.3, 0.4) is 0 Å². The summed E-state index contributed by atoms with van der Waals surface area (Å²) in [6.45, 7) is 9.71. The van der Waals surface area contributed by atoms with E-state index in [4.69, 9.17) is 9.47 Å². The number of hydrogen-bond donors (Lipinski definition) is 0. The lowest BCUT2D eigenvalue weighted by Gasteiger charge is -2.33. The van der Waals surface area contributed by atoms with E-state index in [1.165, 1.54) is 6.92 Å². The van der Waals surface area contributed by atoms with E-state index in [1.54, 1.807) is 0 Å². The molecule has 1 aliphatic heterocycles. The van der Waals surface area contributed by atoms with Gasteiger partial charge in [-0.25, -0.2) is 0 Å². The third kappa shape index (κ3) is 2.97. The highest BCUT2D eigenvalue weighted by atomic mass is 16.6. The zero-order chi connectivity index (χ0) is 12.3. The molecule has 3 heteroatoms. The first-order valence-corrected chi connectivity index (χ1v) is 6.25. The summed E-state index contributed by atoms with van der Waals surface area (Å²) in [6.07, 6.45) is 3.55. The molecule has 0 aliphatic carbocycles. The zero-order valence-electron chi connectivity index (χ0n) is 11.1. The van der Waals surface area contributed by atoms with Crippen molar-refractivity contribution in [2.24, 2.45) is 5.92 Å². The van der Waals surface area contributed by atoms with E-state index in [2.05, 4.69) is 13.8 Å². The van der Waals surface area contributed by atoms with Gasteiger partial charge in [0.1, 0.15) is 5.60 Å². The molecule has 1 heterocycles. The average Bonchev–Trinajstić information content (AvgIpc) is 2.59. The molecular weight excluding hydrogens is 204 g/mol. The SMILES string of the molecule is CCC1CC(C(C)(C)OC(C)=O)C(CC)O1. The summed E-state index contributed by atoms with van der Waals surface area (Å²) in [7, 11) is 0. The Bertz CT molecular complexity index is 248. The third-order valence-corrected chi connectivity index (χ3v) is 3.49. The summed E-state index contributed by atoms with van der Waals surface area (Å²) in [4.78, 5) is 11.1. The van der Waals surface area contributed by atoms with Gasteiger partial charge in [-0.1, -0.05) is 13.8 Å². The number of esters is 1. The molecule has 16 heavy (non-hydrogen) atoms. The van der Waals surface area contributed by atoms with Gasteiger partial charge in [0.05, 0.1) is 12.2 Å². The van der Waals surface area contributed by atoms with Crippen molar-refractivity contribution in [1.29, 1.82) is 0 Å². The number of rotatable bonds is 4. The summed E-state index contributed by atoms with van der Waals surface area (Å²) in [5.41, 5.74) is -0.420. The Labute approximate surface area is 98.5 Å². The van der Waals surface area contributed by atoms with E-state index in [-0.39, 0.29) is 12.1 Å². The number of ether oxygens (including phenoxy) is 2. The van der Waals surface area contributed by atoms with Gasteiger partial charge in [0, 0.05) is 12.8 Å². The Hall–Kier alpha value is -0.570. The van der Waals surface area contributed by atoms with Crippen molar-refractivity contribution < 1.29 is 14.3 Å². The molecule has 0 bridgehead atoms. The first-order chi connectivity index (χ1) is 7.40. The maximum Gasteiger partial charge on any atom is 0.303 e. The Kier molecular flexibility index (Phi) is 4.36. The second kappa shape index (κ2) is 5.17. The van der Waals surface area contributed by atoms with Gasteiger partial charge in [0.2, 0.25) is 0 Å². The molecule has 3 nitrogen and oxygen atoms in total. The molecule has 1 aliphatic rings. The molecule has 94 valence electrons. The summed E-state index contributed by atoms with van der Waals surface area (Å²) in [5.74, 6) is 0.103. The fourth-order valence-electron chi connectivity index (χ4n) is 2.65. The molecular formula is C13H24O3. The van der Waals surface area contributed by atoms with Gasteiger partial charge in [0.15, 0.2) is 0 Å². The van der Waals surface area contributed by atoms with Gasteiger partial charge in [0.25, 0.3) is 0 Å². The second-order valence-electron chi connectivity index (χ2n) is 5.15. The first kappa shape index (κ1) is 13.5. The minimum absolute atomic E-state index is 0.209. The Morgan fingerprint density at radius 1 is 1.38 bits per heavy atom. The molecule has 0 radical (unpaired) electrons. The molecule has 0 aromatic heterocycles. The minimum atomic E-state index is -0.420. The summed E-state index contributed by atoms with van der Waals surface area (Å²) in [5, 5.41) is 0. The lowest BCUT2D eigenvalue weighted by molar-refractivity contribution is -0.161. The quantitative estimate of drug-likeness (QED) is 0.694. The van der Waals surface area contributed by atoms with Gasteiger partial charge in [-0.15, -0.1) is 0 Å². The van der Waals surface area contributed by atoms with Gasteiger partial charge in [-0.2, -0.15) is 0 Å². The molecule has 0 saturated carbocycles. The Morgan fingerprint density at radius 2 is 2.00 bits per heavy atom. The number of hydrogen-bond acceptors (Lipinski definition) is 3. The third-order valence-electron chi connectivity index (χ3n) is 3.49. The topological polar surface area (TPSA) is 35.5 Å². The van der Waals surface area contributed by atoms with Gasteiger partial charge in [-0.3, -0.25) is 4.79 Å². The van der Waals surface area contributed by atoms with Crippen molar-refractivity contribution >= 4 is 5.97 Å². The molecule has 1 saturated heterocycles. The van der Waals surface area contributed by atoms with Crippen molar-refractivity contribution in [3.63, 3.8) is 0 Å². The molecule has 1 rings (SSSR count). The van der Waals surface area contributed by atoms with E-state index < -0.39 is 5.60 Å². The molecule has 0 aromatic carbocycles. The van der Waals surface area contributed by atoms with Crippen LogP contribution in [0.1, 0.15) is 53.9 Å². The van der Waals surface area contributed by atoms with Gasteiger partial charge >= 0.3 is 5.97 Å². The predicted octanol–water partition coefficient (Wildman–Crippen LogP) is 2.92. The van der Waals surface area contributed by atoms with Crippen molar-refractivity contribution in [2.75, 3.05) is 0 Å². The lowest BCUT2D eigenvalue weighted by Crippen LogP contribution is -2.40. The van der Waals surface area contributed by atoms with Crippen LogP contribution in [0, 0.1) is 5.92 Å². The minimum Gasteiger partial charge on any atom is -0.459 e. The van der Waals surface area contributed by atoms with Gasteiger partial charge < -0.3 is 9.47 Å². The Morgan fingerprint density at radius 3 is 2.44 bits per heavy atom. The van der Waals surface area contributed by atoms with Crippen LogP contribution in [0.2, 0.25) is 0 Å². The highest BCUT2D eigenvalue weighted by molar-refractivity contribution is 5.66. The fourth-order valence-corrected chi connectivity index (χ4v) is 2.65. The summed E-state index contributed by atoms with van der Waals surface area (Å²) >= 11 is 0. The number of carbonyl (C=O) groups excluding carboxylic acids is 1. The smallest absolute Gasteiger partial charge is 0.303 e. The molecule has 0 amide bonds. The summed E-state index contributed by atoms with van der Waals surface area (Å²) in [6, 6.07) is 0. The van der Waals surface area contributed by atoms with Crippen LogP contribution in [0.15, 0.2) is 0 Å². The van der Waals surface area contributed by atoms with E-state index in [9.17, 15) is 4.79 Å². The molecule has 3 atom stereocenters. The first-order valence-electron chi connectivity index (χ1n) is 6.25. The fraction of sp³-hybridized carbons (Fsp3) is 0.923. The van der Waals surface area contributed by atoms with Crippen LogP contribution >= 0.6 is 0 Å². The molecule has 0 N–H and O–H groups in total. The molecule has 1 fully saturated rings. The normalized spacial score (nSPS) is 30.4. The number of carbonyl (C=O) groups is 1. The van der Waals surface area contributed by atoms with E-state index >= 15 is 0 Å². The maximum atomic E-state index is 11.1. The van der Waals surface area contributed by atoms with Crippen molar-refractivity contribution in [3.05, 3.63) is 0 Å². The highest BCUT2D eigenvalue weighted by Crippen LogP contribution is 2.39. The lowest BCUT2D eigenvalue weighted by atomic mass is 9.83. The molecule has 0 aromatic rings. The van der Waals surface area contributed by atoms with Crippen LogP contribution in [-0.4, -0.2) is 23.8 Å². The van der Waals surface area contributed by atoms with E-state index in [0.29, 0.717) is 12.0 Å². The largest absolute Gasteiger partial charge is 0.459 e. The van der Waals surface area contributed by atoms with Crippen LogP contribution in [0.4, 0.5) is 0 Å². The predicted molar refractivity (Wildman–Crippen MR) is 63.2 cm³/mol. The van der Waals surface area contributed by atoms with Crippen LogP contribution in [0.25, 0.3) is 0 Å². The van der Waals surface area contributed by atoms with E-state index in [1.807, 2.05) is 13.8 Å². The maximum absolute atomic E-state index is 11.1. The van der Waals surface area contributed by atoms with Gasteiger partial charge in [-0.05, 0) is 33.1 Å². The molecule has 3 unspecified atom stereocenters. The highest BCUT2D eigenvalue weighted by Gasteiger charge is 2.44. The summed E-state index contributed by atoms with van der Waals surface area (Å²) < 4.78 is 11.4. The zero-order valence-corrected chi connectivity index (χ0v) is 11.1. The van der Waals surface area contributed by atoms with E-state index in [0.717, 1.165) is 19.3 Å².